The Bertz CT molecular complexity index is 658. The summed E-state index contributed by atoms with van der Waals surface area (Å²) in [5, 5.41) is 0. The van der Waals surface area contributed by atoms with Crippen LogP contribution >= 0.6 is 0 Å². The highest BCUT2D eigenvalue weighted by Crippen LogP contribution is 2.14. The molecule has 112 valence electrons. The third-order valence-corrected chi connectivity index (χ3v) is 4.27. The average molecular weight is 307 g/mol. The molecule has 0 fully saturated rings. The third-order valence-electron chi connectivity index (χ3n) is 3.20. The zero-order valence-corrected chi connectivity index (χ0v) is 14.3. The fraction of sp³-hybridized carbons (Fsp3) is 0.143. The standard InChI is InChI=1S/C14H14S.C7H8/c1-11-5-3-7-13(9-11)15-14-8-4-6-12(2)10-14;1-7-5-3-2-4-6-7/h3-10H,1-2H3;2-6H,1H3/p+1. The van der Waals surface area contributed by atoms with Crippen molar-refractivity contribution in [1.29, 1.82) is 0 Å². The summed E-state index contributed by atoms with van der Waals surface area (Å²) in [4.78, 5) is 2.72. The molecule has 0 aliphatic carbocycles. The molecule has 0 aromatic heterocycles. The first-order valence-corrected chi connectivity index (χ1v) is 8.40. The number of hydrogen-bond acceptors (Lipinski definition) is 0. The fourth-order valence-corrected chi connectivity index (χ4v) is 3.23. The van der Waals surface area contributed by atoms with Crippen LogP contribution in [0.5, 0.6) is 0 Å². The van der Waals surface area contributed by atoms with Crippen LogP contribution in [-0.2, 0) is 11.8 Å². The lowest BCUT2D eigenvalue weighted by Gasteiger charge is -1.95. The van der Waals surface area contributed by atoms with Crippen molar-refractivity contribution in [2.75, 3.05) is 0 Å². The Morgan fingerprint density at radius 1 is 0.500 bits per heavy atom. The topological polar surface area (TPSA) is 0 Å². The van der Waals surface area contributed by atoms with Gasteiger partial charge in [0.2, 0.25) is 0 Å². The van der Waals surface area contributed by atoms with Crippen molar-refractivity contribution < 1.29 is 0 Å². The summed E-state index contributed by atoms with van der Waals surface area (Å²) in [6, 6.07) is 27.6. The van der Waals surface area contributed by atoms with E-state index in [0.29, 0.717) is 0 Å². The van der Waals surface area contributed by atoms with Crippen LogP contribution in [-0.4, -0.2) is 0 Å². The van der Waals surface area contributed by atoms with E-state index in [9.17, 15) is 0 Å². The lowest BCUT2D eigenvalue weighted by atomic mass is 10.2. The molecule has 1 heteroatoms. The van der Waals surface area contributed by atoms with Crippen LogP contribution in [0.1, 0.15) is 16.7 Å². The van der Waals surface area contributed by atoms with Crippen LogP contribution in [0, 0.1) is 20.8 Å². The first-order chi connectivity index (χ1) is 10.6. The second-order valence-electron chi connectivity index (χ2n) is 5.44. The van der Waals surface area contributed by atoms with Gasteiger partial charge in [-0.3, -0.25) is 0 Å². The first-order valence-electron chi connectivity index (χ1n) is 7.50. The molecule has 0 N–H and O–H groups in total. The molecule has 0 unspecified atom stereocenters. The second kappa shape index (κ2) is 8.45. The van der Waals surface area contributed by atoms with Gasteiger partial charge in [0.15, 0.2) is 9.79 Å². The lowest BCUT2D eigenvalue weighted by molar-refractivity contribution is 1.32. The van der Waals surface area contributed by atoms with Gasteiger partial charge in [0.05, 0.1) is 0 Å². The molecule has 0 saturated heterocycles. The van der Waals surface area contributed by atoms with E-state index in [-0.39, 0.29) is 0 Å². The van der Waals surface area contributed by atoms with Crippen LogP contribution in [0.4, 0.5) is 0 Å². The molecule has 0 aliphatic rings. The van der Waals surface area contributed by atoms with E-state index in [0.717, 1.165) is 0 Å². The molecule has 22 heavy (non-hydrogen) atoms. The van der Waals surface area contributed by atoms with Gasteiger partial charge in [0, 0.05) is 11.8 Å². The predicted octanol–water partition coefficient (Wildman–Crippen LogP) is 5.53. The predicted molar refractivity (Wildman–Crippen MR) is 98.8 cm³/mol. The lowest BCUT2D eigenvalue weighted by Crippen LogP contribution is -1.86. The van der Waals surface area contributed by atoms with E-state index in [4.69, 9.17) is 0 Å². The Labute approximate surface area is 138 Å². The molecule has 0 spiro atoms. The monoisotopic (exact) mass is 307 g/mol. The molecule has 0 saturated carbocycles. The largest absolute Gasteiger partial charge is 0.158 e. The highest BCUT2D eigenvalue weighted by Gasteiger charge is 2.06. The number of benzene rings is 3. The molecule has 0 aliphatic heterocycles. The maximum atomic E-state index is 2.24. The van der Waals surface area contributed by atoms with E-state index in [1.807, 2.05) is 18.2 Å². The molecule has 3 aromatic rings. The molecule has 0 nitrogen and oxygen atoms in total. The Hall–Kier alpha value is -1.99. The summed E-state index contributed by atoms with van der Waals surface area (Å²) in [5.41, 5.74) is 3.97. The Balaban J connectivity index is 0.000000211. The van der Waals surface area contributed by atoms with E-state index in [1.54, 1.807) is 0 Å². The molecule has 0 radical (unpaired) electrons. The van der Waals surface area contributed by atoms with Gasteiger partial charge in [-0.05, 0) is 56.2 Å². The van der Waals surface area contributed by atoms with Gasteiger partial charge in [-0.1, -0.05) is 60.2 Å². The molecule has 0 amide bonds. The van der Waals surface area contributed by atoms with Crippen molar-refractivity contribution in [3.8, 4) is 0 Å². The number of thiol groups is 1. The minimum atomic E-state index is 1.29. The summed E-state index contributed by atoms with van der Waals surface area (Å²) >= 11 is 1.29. The number of hydrogen-bond donors (Lipinski definition) is 0. The van der Waals surface area contributed by atoms with Gasteiger partial charge in [0.25, 0.3) is 0 Å². The summed E-state index contributed by atoms with van der Waals surface area (Å²) < 4.78 is 0. The maximum Gasteiger partial charge on any atom is 0.158 e. The van der Waals surface area contributed by atoms with Crippen molar-refractivity contribution in [2.45, 2.75) is 30.6 Å². The number of rotatable bonds is 2. The van der Waals surface area contributed by atoms with Crippen molar-refractivity contribution in [3.63, 3.8) is 0 Å². The molecule has 0 atom stereocenters. The second-order valence-corrected chi connectivity index (χ2v) is 6.70. The smallest absolute Gasteiger partial charge is 0.0622 e. The maximum absolute atomic E-state index is 2.24. The molecule has 0 bridgehead atoms. The van der Waals surface area contributed by atoms with Gasteiger partial charge < -0.3 is 0 Å². The summed E-state index contributed by atoms with van der Waals surface area (Å²) in [7, 11) is 0. The van der Waals surface area contributed by atoms with Gasteiger partial charge >= 0.3 is 0 Å². The highest BCUT2D eigenvalue weighted by atomic mass is 32.2. The molecular formula is C21H23S+. The van der Waals surface area contributed by atoms with Crippen molar-refractivity contribution >= 4 is 11.8 Å². The van der Waals surface area contributed by atoms with E-state index in [2.05, 4.69) is 81.4 Å². The van der Waals surface area contributed by atoms with Crippen LogP contribution < -0.4 is 0 Å². The highest BCUT2D eigenvalue weighted by molar-refractivity contribution is 7.78. The minimum absolute atomic E-state index is 1.29. The minimum Gasteiger partial charge on any atom is -0.0622 e. The third kappa shape index (κ3) is 5.79. The van der Waals surface area contributed by atoms with E-state index >= 15 is 0 Å². The zero-order chi connectivity index (χ0) is 15.8. The van der Waals surface area contributed by atoms with Crippen LogP contribution in [0.25, 0.3) is 0 Å². The normalized spacial score (nSPS) is 9.77. The average Bonchev–Trinajstić information content (AvgIpc) is 2.49. The van der Waals surface area contributed by atoms with Crippen molar-refractivity contribution in [3.05, 3.63) is 95.6 Å². The first kappa shape index (κ1) is 16.4. The Morgan fingerprint density at radius 3 is 1.32 bits per heavy atom. The number of aryl methyl sites for hydroxylation is 3. The van der Waals surface area contributed by atoms with Gasteiger partial charge in [-0.25, -0.2) is 0 Å². The quantitative estimate of drug-likeness (QED) is 0.431. The SMILES string of the molecule is Cc1cccc([SH+]c2cccc(C)c2)c1.Cc1ccccc1. The molecule has 3 rings (SSSR count). The Kier molecular flexibility index (Phi) is 6.29. The van der Waals surface area contributed by atoms with Crippen LogP contribution in [0.2, 0.25) is 0 Å². The van der Waals surface area contributed by atoms with Crippen LogP contribution in [0.15, 0.2) is 88.7 Å². The van der Waals surface area contributed by atoms with Crippen molar-refractivity contribution in [1.82, 2.24) is 0 Å². The van der Waals surface area contributed by atoms with Crippen LogP contribution in [0.3, 0.4) is 0 Å². The Morgan fingerprint density at radius 2 is 0.955 bits per heavy atom. The fourth-order valence-electron chi connectivity index (χ4n) is 2.08. The zero-order valence-electron chi connectivity index (χ0n) is 13.5. The van der Waals surface area contributed by atoms with E-state index < -0.39 is 0 Å². The summed E-state index contributed by atoms with van der Waals surface area (Å²) in [6.45, 7) is 6.35. The molecule has 3 aromatic carbocycles. The van der Waals surface area contributed by atoms with Gasteiger partial charge in [-0.2, -0.15) is 0 Å². The van der Waals surface area contributed by atoms with Gasteiger partial charge in [0.1, 0.15) is 0 Å². The molecular weight excluding hydrogens is 284 g/mol. The van der Waals surface area contributed by atoms with Crippen molar-refractivity contribution in [2.24, 2.45) is 0 Å². The van der Waals surface area contributed by atoms with E-state index in [1.165, 1.54) is 38.2 Å². The summed E-state index contributed by atoms with van der Waals surface area (Å²) in [5.74, 6) is 0. The molecule has 0 heterocycles. The summed E-state index contributed by atoms with van der Waals surface area (Å²) in [6.07, 6.45) is 0. The van der Waals surface area contributed by atoms with Gasteiger partial charge in [-0.15, -0.1) is 0 Å².